The van der Waals surface area contributed by atoms with Gasteiger partial charge in [0.05, 0.1) is 37.4 Å². The van der Waals surface area contributed by atoms with Gasteiger partial charge in [-0.3, -0.25) is 14.5 Å². The molecule has 5 rings (SSSR count). The van der Waals surface area contributed by atoms with E-state index >= 15 is 0 Å². The van der Waals surface area contributed by atoms with E-state index in [1.165, 1.54) is 19.1 Å². The minimum atomic E-state index is -4.31. The molecule has 3 heterocycles. The molecule has 1 aromatic carbocycles. The molecule has 7 nitrogen and oxygen atoms in total. The van der Waals surface area contributed by atoms with Gasteiger partial charge in [-0.2, -0.15) is 13.2 Å². The first-order valence-corrected chi connectivity index (χ1v) is 14.1. The normalized spacial score (nSPS) is 23.6. The van der Waals surface area contributed by atoms with Gasteiger partial charge in [0.2, 0.25) is 11.8 Å². The molecular weight excluding hydrogens is 511 g/mol. The maximum Gasteiger partial charge on any atom is 0.416 e. The minimum Gasteiger partial charge on any atom is -0.378 e. The standard InChI is InChI=1S/C24H33F3N2O3.C3H7NO.C2H6/c1-18(31-16-23-8-6-21(7-9-23)32-17-23)14-22(30)29-12-10-28(11-13-29)15-19-2-4-20(5-3-19)24(25,26)27;1-3(5)4-2;1-2/h2-5,18,21H,6-17H2,1H3;1-2H3,(H,4,5);1-2H3. The van der Waals surface area contributed by atoms with Crippen LogP contribution in [0, 0.1) is 5.41 Å². The Bertz CT molecular complexity index is 865. The molecule has 0 radical (unpaired) electrons. The van der Waals surface area contributed by atoms with Crippen molar-refractivity contribution in [3.63, 3.8) is 0 Å². The number of halogens is 3. The third-order valence-corrected chi connectivity index (χ3v) is 7.52. The first-order chi connectivity index (χ1) is 18.5. The molecule has 1 saturated carbocycles. The highest BCUT2D eigenvalue weighted by Gasteiger charge is 2.42. The van der Waals surface area contributed by atoms with Gasteiger partial charge in [0.1, 0.15) is 0 Å². The van der Waals surface area contributed by atoms with Crippen LogP contribution in [-0.2, 0) is 31.8 Å². The van der Waals surface area contributed by atoms with Crippen LogP contribution >= 0.6 is 0 Å². The number of amides is 2. The van der Waals surface area contributed by atoms with Gasteiger partial charge in [0.25, 0.3) is 0 Å². The van der Waals surface area contributed by atoms with E-state index in [9.17, 15) is 22.8 Å². The van der Waals surface area contributed by atoms with Crippen molar-refractivity contribution in [3.8, 4) is 0 Å². The van der Waals surface area contributed by atoms with E-state index in [0.717, 1.165) is 50.0 Å². The summed E-state index contributed by atoms with van der Waals surface area (Å²) in [4.78, 5) is 26.5. The molecule has 39 heavy (non-hydrogen) atoms. The number of hydrogen-bond acceptors (Lipinski definition) is 5. The lowest BCUT2D eigenvalue weighted by atomic mass is 9.72. The van der Waals surface area contributed by atoms with Gasteiger partial charge >= 0.3 is 6.18 Å². The van der Waals surface area contributed by atoms with Gasteiger partial charge in [-0.05, 0) is 50.3 Å². The monoisotopic (exact) mass is 557 g/mol. The number of benzene rings is 1. The molecule has 3 aliphatic heterocycles. The van der Waals surface area contributed by atoms with Crippen LogP contribution in [0.4, 0.5) is 13.2 Å². The van der Waals surface area contributed by atoms with Gasteiger partial charge in [0, 0.05) is 52.1 Å². The third-order valence-electron chi connectivity index (χ3n) is 7.52. The van der Waals surface area contributed by atoms with Crippen LogP contribution in [-0.4, -0.2) is 80.3 Å². The average molecular weight is 558 g/mol. The fraction of sp³-hybridized carbons (Fsp3) is 0.724. The Morgan fingerprint density at radius 1 is 1.10 bits per heavy atom. The number of nitrogens with one attached hydrogen (secondary N) is 1. The number of nitrogens with zero attached hydrogens (tertiary/aromatic N) is 2. The van der Waals surface area contributed by atoms with E-state index in [4.69, 9.17) is 9.47 Å². The van der Waals surface area contributed by atoms with Crippen molar-refractivity contribution in [2.75, 3.05) is 46.4 Å². The average Bonchev–Trinajstić information content (AvgIpc) is 2.94. The van der Waals surface area contributed by atoms with Gasteiger partial charge in [0.15, 0.2) is 0 Å². The van der Waals surface area contributed by atoms with Crippen molar-refractivity contribution in [1.29, 1.82) is 0 Å². The summed E-state index contributed by atoms with van der Waals surface area (Å²) in [6.45, 7) is 12.1. The molecule has 1 unspecified atom stereocenters. The van der Waals surface area contributed by atoms with Crippen LogP contribution in [0.2, 0.25) is 0 Å². The maximum absolute atomic E-state index is 12.7. The number of carbonyl (C=O) groups excluding carboxylic acids is 2. The summed E-state index contributed by atoms with van der Waals surface area (Å²) >= 11 is 0. The lowest BCUT2D eigenvalue weighted by Gasteiger charge is -2.46. The van der Waals surface area contributed by atoms with Gasteiger partial charge < -0.3 is 19.7 Å². The zero-order valence-electron chi connectivity index (χ0n) is 24.1. The number of fused-ring (bicyclic) bond motifs is 3. The minimum absolute atomic E-state index is 0.00463. The summed E-state index contributed by atoms with van der Waals surface area (Å²) < 4.78 is 50.0. The predicted molar refractivity (Wildman–Crippen MR) is 145 cm³/mol. The first kappa shape index (κ1) is 33.0. The van der Waals surface area contributed by atoms with Crippen molar-refractivity contribution in [1.82, 2.24) is 15.1 Å². The number of alkyl halides is 3. The Morgan fingerprint density at radius 2 is 1.67 bits per heavy atom. The number of hydrogen-bond donors (Lipinski definition) is 1. The first-order valence-electron chi connectivity index (χ1n) is 14.1. The molecule has 3 saturated heterocycles. The molecule has 2 bridgehead atoms. The van der Waals surface area contributed by atoms with Crippen LogP contribution < -0.4 is 5.32 Å². The van der Waals surface area contributed by atoms with E-state index < -0.39 is 11.7 Å². The Hall–Kier alpha value is -2.17. The van der Waals surface area contributed by atoms with Gasteiger partial charge in [-0.25, -0.2) is 0 Å². The highest BCUT2D eigenvalue weighted by atomic mass is 19.4. The molecule has 1 atom stereocenters. The summed E-state index contributed by atoms with van der Waals surface area (Å²) in [5.74, 6) is 0.109. The largest absolute Gasteiger partial charge is 0.416 e. The molecule has 4 fully saturated rings. The molecule has 2 amide bonds. The lowest BCUT2D eigenvalue weighted by Crippen LogP contribution is -2.49. The topological polar surface area (TPSA) is 71.1 Å². The molecular formula is C29H46F3N3O4. The van der Waals surface area contributed by atoms with E-state index in [0.29, 0.717) is 51.9 Å². The van der Waals surface area contributed by atoms with Gasteiger partial charge in [-0.1, -0.05) is 26.0 Å². The van der Waals surface area contributed by atoms with Crippen LogP contribution in [0.5, 0.6) is 0 Å². The summed E-state index contributed by atoms with van der Waals surface area (Å²) in [5.41, 5.74) is 0.354. The van der Waals surface area contributed by atoms with Crippen LogP contribution in [0.3, 0.4) is 0 Å². The zero-order chi connectivity index (χ0) is 29.1. The van der Waals surface area contributed by atoms with E-state index in [1.54, 1.807) is 7.05 Å². The van der Waals surface area contributed by atoms with Crippen LogP contribution in [0.25, 0.3) is 0 Å². The summed E-state index contributed by atoms with van der Waals surface area (Å²) in [6.07, 6.45) is 0.919. The quantitative estimate of drug-likeness (QED) is 0.518. The molecule has 4 aliphatic rings. The van der Waals surface area contributed by atoms with E-state index in [-0.39, 0.29) is 23.3 Å². The number of rotatable bonds is 7. The molecule has 1 N–H and O–H groups in total. The van der Waals surface area contributed by atoms with Crippen molar-refractivity contribution in [2.45, 2.75) is 84.7 Å². The fourth-order valence-electron chi connectivity index (χ4n) is 4.96. The van der Waals surface area contributed by atoms with Crippen LogP contribution in [0.1, 0.15) is 70.9 Å². The summed E-state index contributed by atoms with van der Waals surface area (Å²) in [7, 11) is 1.60. The van der Waals surface area contributed by atoms with Crippen molar-refractivity contribution >= 4 is 11.8 Å². The fourth-order valence-corrected chi connectivity index (χ4v) is 4.96. The van der Waals surface area contributed by atoms with Crippen LogP contribution in [0.15, 0.2) is 24.3 Å². The highest BCUT2D eigenvalue weighted by molar-refractivity contribution is 5.76. The Kier molecular flexibility index (Phi) is 13.2. The molecule has 222 valence electrons. The van der Waals surface area contributed by atoms with E-state index in [2.05, 4.69) is 10.2 Å². The molecule has 1 aromatic rings. The highest BCUT2D eigenvalue weighted by Crippen LogP contribution is 2.43. The van der Waals surface area contributed by atoms with Gasteiger partial charge in [-0.15, -0.1) is 0 Å². The molecule has 0 spiro atoms. The Balaban J connectivity index is 0.000000686. The second-order valence-electron chi connectivity index (χ2n) is 10.5. The summed E-state index contributed by atoms with van der Waals surface area (Å²) in [6, 6.07) is 5.31. The number of ether oxygens (including phenoxy) is 2. The van der Waals surface area contributed by atoms with Crippen molar-refractivity contribution in [3.05, 3.63) is 35.4 Å². The van der Waals surface area contributed by atoms with Crippen molar-refractivity contribution in [2.24, 2.45) is 5.41 Å². The van der Waals surface area contributed by atoms with Crippen molar-refractivity contribution < 1.29 is 32.2 Å². The number of carbonyl (C=O) groups is 2. The predicted octanol–water partition coefficient (Wildman–Crippen LogP) is 4.88. The number of piperazine rings is 1. The zero-order valence-corrected chi connectivity index (χ0v) is 24.1. The lowest BCUT2D eigenvalue weighted by molar-refractivity contribution is -0.153. The second kappa shape index (κ2) is 15.6. The Labute approximate surface area is 231 Å². The maximum atomic E-state index is 12.7. The third kappa shape index (κ3) is 10.7. The Morgan fingerprint density at radius 3 is 2.13 bits per heavy atom. The summed E-state index contributed by atoms with van der Waals surface area (Å²) in [5, 5.41) is 2.39. The molecule has 10 heteroatoms. The molecule has 0 aromatic heterocycles. The van der Waals surface area contributed by atoms with E-state index in [1.807, 2.05) is 25.7 Å². The smallest absolute Gasteiger partial charge is 0.378 e. The molecule has 1 aliphatic carbocycles. The second-order valence-corrected chi connectivity index (χ2v) is 10.5. The SMILES string of the molecule is CC.CC(CC(=O)N1CCN(Cc2ccc(C(F)(F)F)cc2)CC1)OCC12CCC(CC1)OC2.CNC(C)=O.